The third kappa shape index (κ3) is 3.85. The molecule has 2 aromatic carbocycles. The van der Waals surface area contributed by atoms with Crippen LogP contribution in [0, 0.1) is 12.7 Å². The lowest BCUT2D eigenvalue weighted by molar-refractivity contribution is -0.116. The molecule has 0 unspecified atom stereocenters. The standard InChI is InChI=1S/C17H16FN3O3S/c1-11-6-7-12(10-13(11)18)19-17(22)9-8-16-20-14-4-2-3-5-15(14)25(23,24)21-16/h2-7,10H,8-9H2,1H3,(H,19,22)(H,20,21). The minimum Gasteiger partial charge on any atom is -0.342 e. The van der Waals surface area contributed by atoms with Crippen LogP contribution in [0.3, 0.4) is 0 Å². The fraction of sp³-hybridized carbons (Fsp3) is 0.176. The van der Waals surface area contributed by atoms with Gasteiger partial charge in [0.25, 0.3) is 10.0 Å². The van der Waals surface area contributed by atoms with Gasteiger partial charge in [0, 0.05) is 18.5 Å². The third-order valence-corrected chi connectivity index (χ3v) is 5.09. The Labute approximate surface area is 144 Å². The number of amides is 1. The summed E-state index contributed by atoms with van der Waals surface area (Å²) in [6, 6.07) is 10.8. The molecule has 0 saturated carbocycles. The van der Waals surface area contributed by atoms with Crippen LogP contribution >= 0.6 is 0 Å². The average molecular weight is 361 g/mol. The fourth-order valence-electron chi connectivity index (χ4n) is 2.40. The van der Waals surface area contributed by atoms with E-state index in [-0.39, 0.29) is 29.5 Å². The molecule has 1 amide bonds. The number of aryl methyl sites for hydroxylation is 1. The summed E-state index contributed by atoms with van der Waals surface area (Å²) >= 11 is 0. The van der Waals surface area contributed by atoms with Crippen LogP contribution in [-0.4, -0.2) is 20.2 Å². The lowest BCUT2D eigenvalue weighted by Crippen LogP contribution is -2.23. The highest BCUT2D eigenvalue weighted by Gasteiger charge is 2.24. The SMILES string of the molecule is Cc1ccc(NC(=O)CCC2=NS(=O)(=O)c3ccccc3N2)cc1F. The zero-order valence-corrected chi connectivity index (χ0v) is 14.2. The number of halogens is 1. The van der Waals surface area contributed by atoms with Crippen molar-refractivity contribution < 1.29 is 17.6 Å². The summed E-state index contributed by atoms with van der Waals surface area (Å²) in [6.45, 7) is 1.63. The summed E-state index contributed by atoms with van der Waals surface area (Å²) in [6.07, 6.45) is 0.132. The normalized spacial score (nSPS) is 14.9. The topological polar surface area (TPSA) is 87.6 Å². The third-order valence-electron chi connectivity index (χ3n) is 3.72. The Kier molecular flexibility index (Phi) is 4.54. The molecule has 0 spiro atoms. The molecule has 1 heterocycles. The molecular weight excluding hydrogens is 345 g/mol. The summed E-state index contributed by atoms with van der Waals surface area (Å²) in [4.78, 5) is 12.1. The van der Waals surface area contributed by atoms with Crippen LogP contribution in [0.2, 0.25) is 0 Å². The first kappa shape index (κ1) is 17.1. The van der Waals surface area contributed by atoms with Crippen LogP contribution in [0.25, 0.3) is 0 Å². The summed E-state index contributed by atoms with van der Waals surface area (Å²) in [7, 11) is -3.76. The van der Waals surface area contributed by atoms with E-state index in [2.05, 4.69) is 15.0 Å². The quantitative estimate of drug-likeness (QED) is 0.876. The van der Waals surface area contributed by atoms with Crippen LogP contribution in [-0.2, 0) is 14.8 Å². The number of sulfonamides is 1. The largest absolute Gasteiger partial charge is 0.342 e. The van der Waals surface area contributed by atoms with E-state index in [0.29, 0.717) is 16.9 Å². The van der Waals surface area contributed by atoms with Crippen molar-refractivity contribution in [2.75, 3.05) is 10.6 Å². The molecule has 25 heavy (non-hydrogen) atoms. The number of carbonyl (C=O) groups is 1. The second-order valence-corrected chi connectivity index (χ2v) is 7.22. The van der Waals surface area contributed by atoms with Crippen molar-refractivity contribution in [2.45, 2.75) is 24.7 Å². The van der Waals surface area contributed by atoms with Gasteiger partial charge in [-0.3, -0.25) is 4.79 Å². The van der Waals surface area contributed by atoms with Crippen molar-refractivity contribution in [2.24, 2.45) is 4.40 Å². The van der Waals surface area contributed by atoms with Crippen molar-refractivity contribution in [3.05, 3.63) is 53.8 Å². The molecule has 2 aromatic rings. The van der Waals surface area contributed by atoms with Crippen LogP contribution in [0.15, 0.2) is 51.8 Å². The van der Waals surface area contributed by atoms with Gasteiger partial charge in [-0.2, -0.15) is 8.42 Å². The number of hydrogen-bond donors (Lipinski definition) is 2. The van der Waals surface area contributed by atoms with Crippen molar-refractivity contribution >= 4 is 33.1 Å². The number of anilines is 2. The first-order valence-electron chi connectivity index (χ1n) is 7.61. The first-order valence-corrected chi connectivity index (χ1v) is 9.05. The molecule has 0 saturated heterocycles. The van der Waals surface area contributed by atoms with Crippen LogP contribution < -0.4 is 10.6 Å². The Bertz CT molecular complexity index is 971. The van der Waals surface area contributed by atoms with E-state index < -0.39 is 15.8 Å². The van der Waals surface area contributed by atoms with Crippen LogP contribution in [0.5, 0.6) is 0 Å². The number of carbonyl (C=O) groups excluding carboxylic acids is 1. The smallest absolute Gasteiger partial charge is 0.286 e. The number of hydrogen-bond acceptors (Lipinski definition) is 4. The summed E-state index contributed by atoms with van der Waals surface area (Å²) in [5.74, 6) is -0.563. The molecule has 1 aliphatic heterocycles. The Morgan fingerprint density at radius 1 is 1.24 bits per heavy atom. The van der Waals surface area contributed by atoms with E-state index in [4.69, 9.17) is 0 Å². The summed E-state index contributed by atoms with van der Waals surface area (Å²) < 4.78 is 41.4. The highest BCUT2D eigenvalue weighted by molar-refractivity contribution is 7.90. The second-order valence-electron chi connectivity index (χ2n) is 5.65. The molecule has 3 rings (SSSR count). The highest BCUT2D eigenvalue weighted by atomic mass is 32.2. The molecule has 0 atom stereocenters. The zero-order chi connectivity index (χ0) is 18.0. The molecule has 0 aliphatic carbocycles. The number of amidine groups is 1. The van der Waals surface area contributed by atoms with Gasteiger partial charge in [0.15, 0.2) is 0 Å². The van der Waals surface area contributed by atoms with Crippen molar-refractivity contribution in [1.82, 2.24) is 0 Å². The van der Waals surface area contributed by atoms with Gasteiger partial charge in [0.05, 0.1) is 5.69 Å². The lowest BCUT2D eigenvalue weighted by atomic mass is 10.2. The number of nitrogens with one attached hydrogen (secondary N) is 2. The molecule has 0 radical (unpaired) electrons. The monoisotopic (exact) mass is 361 g/mol. The van der Waals surface area contributed by atoms with Gasteiger partial charge in [-0.25, -0.2) is 4.39 Å². The van der Waals surface area contributed by atoms with Gasteiger partial charge in [0.1, 0.15) is 16.5 Å². The zero-order valence-electron chi connectivity index (χ0n) is 13.4. The van der Waals surface area contributed by atoms with Crippen molar-refractivity contribution in [1.29, 1.82) is 0 Å². The van der Waals surface area contributed by atoms with Crippen LogP contribution in [0.4, 0.5) is 15.8 Å². The van der Waals surface area contributed by atoms with E-state index in [0.717, 1.165) is 0 Å². The van der Waals surface area contributed by atoms with Gasteiger partial charge < -0.3 is 10.6 Å². The second kappa shape index (κ2) is 6.64. The van der Waals surface area contributed by atoms with Gasteiger partial charge in [-0.1, -0.05) is 18.2 Å². The van der Waals surface area contributed by atoms with E-state index >= 15 is 0 Å². The number of nitrogens with zero attached hydrogens (tertiary/aromatic N) is 1. The number of benzene rings is 2. The number of rotatable bonds is 4. The Hall–Kier alpha value is -2.74. The van der Waals surface area contributed by atoms with Crippen molar-refractivity contribution in [3.8, 4) is 0 Å². The predicted molar refractivity (Wildman–Crippen MR) is 93.7 cm³/mol. The Morgan fingerprint density at radius 3 is 2.76 bits per heavy atom. The van der Waals surface area contributed by atoms with E-state index in [1.807, 2.05) is 0 Å². The predicted octanol–water partition coefficient (Wildman–Crippen LogP) is 3.07. The minimum atomic E-state index is -3.76. The Morgan fingerprint density at radius 2 is 2.00 bits per heavy atom. The molecule has 8 heteroatoms. The molecular formula is C17H16FN3O3S. The minimum absolute atomic E-state index is 0.0129. The lowest BCUT2D eigenvalue weighted by Gasteiger charge is -2.17. The fourth-order valence-corrected chi connectivity index (χ4v) is 3.57. The molecule has 6 nitrogen and oxygen atoms in total. The van der Waals surface area contributed by atoms with Gasteiger partial charge in [0.2, 0.25) is 5.91 Å². The molecule has 130 valence electrons. The molecule has 0 aromatic heterocycles. The van der Waals surface area contributed by atoms with Gasteiger partial charge in [-0.15, -0.1) is 4.40 Å². The summed E-state index contributed by atoms with van der Waals surface area (Å²) in [5.41, 5.74) is 1.28. The van der Waals surface area contributed by atoms with Crippen molar-refractivity contribution in [3.63, 3.8) is 0 Å². The summed E-state index contributed by atoms with van der Waals surface area (Å²) in [5, 5.41) is 5.50. The molecule has 2 N–H and O–H groups in total. The van der Waals surface area contributed by atoms with E-state index in [1.165, 1.54) is 12.1 Å². The van der Waals surface area contributed by atoms with E-state index in [9.17, 15) is 17.6 Å². The maximum absolute atomic E-state index is 13.5. The average Bonchev–Trinajstić information content (AvgIpc) is 2.56. The number of para-hydroxylation sites is 1. The first-order chi connectivity index (χ1) is 11.8. The van der Waals surface area contributed by atoms with Gasteiger partial charge >= 0.3 is 0 Å². The maximum Gasteiger partial charge on any atom is 0.286 e. The Balaban J connectivity index is 1.65. The van der Waals surface area contributed by atoms with Crippen LogP contribution in [0.1, 0.15) is 18.4 Å². The molecule has 0 bridgehead atoms. The van der Waals surface area contributed by atoms with E-state index in [1.54, 1.807) is 37.3 Å². The number of fused-ring (bicyclic) bond motifs is 1. The molecule has 0 fully saturated rings. The maximum atomic E-state index is 13.5. The highest BCUT2D eigenvalue weighted by Crippen LogP contribution is 2.27. The molecule has 1 aliphatic rings. The van der Waals surface area contributed by atoms with Gasteiger partial charge in [-0.05, 0) is 36.8 Å².